The molecule has 1 saturated heterocycles. The number of methoxy groups -OCH3 is 3. The van der Waals surface area contributed by atoms with Crippen LogP contribution in [0.4, 0.5) is 0 Å². The monoisotopic (exact) mass is 562 g/mol. The number of rotatable bonds is 11. The molecule has 4 rings (SSSR count). The van der Waals surface area contributed by atoms with Gasteiger partial charge in [-0.25, -0.2) is 0 Å². The van der Waals surface area contributed by atoms with Crippen molar-refractivity contribution in [3.63, 3.8) is 0 Å². The van der Waals surface area contributed by atoms with Crippen LogP contribution in [0.5, 0.6) is 17.2 Å². The SMILES string of the molecule is CCOC(=O)C1(C(=O)OCC)[C@H](C(=O)c2ccccc2)[C@@H](c2cc(OC)c(OC)c(OC)c2)O[C@H]1c1ccccc1. The van der Waals surface area contributed by atoms with E-state index in [1.54, 1.807) is 86.6 Å². The number of carbonyl (C=O) groups excluding carboxylic acids is 3. The molecule has 0 N–H and O–H groups in total. The van der Waals surface area contributed by atoms with Crippen molar-refractivity contribution in [1.29, 1.82) is 0 Å². The molecular formula is C32H34O9. The highest BCUT2D eigenvalue weighted by molar-refractivity contribution is 6.10. The summed E-state index contributed by atoms with van der Waals surface area (Å²) in [5.74, 6) is -2.70. The Kier molecular flexibility index (Phi) is 9.29. The van der Waals surface area contributed by atoms with Gasteiger partial charge in [-0.1, -0.05) is 60.7 Å². The zero-order valence-corrected chi connectivity index (χ0v) is 23.7. The first kappa shape index (κ1) is 29.6. The van der Waals surface area contributed by atoms with Crippen molar-refractivity contribution in [3.8, 4) is 17.2 Å². The fourth-order valence-electron chi connectivity index (χ4n) is 5.42. The van der Waals surface area contributed by atoms with E-state index in [-0.39, 0.29) is 13.2 Å². The standard InChI is InChI=1S/C32H34O9/c1-6-39-30(34)32(31(35)40-7-2)25(26(33)20-14-10-8-11-15-20)27(41-29(32)21-16-12-9-13-17-21)22-18-23(36-3)28(38-5)24(19-22)37-4/h8-19,25,27,29H,6-7H2,1-5H3/t25-,27-,29+/m1/s1. The summed E-state index contributed by atoms with van der Waals surface area (Å²) in [5.41, 5.74) is -0.935. The molecule has 1 fully saturated rings. The third-order valence-electron chi connectivity index (χ3n) is 7.17. The second-order valence-electron chi connectivity index (χ2n) is 9.32. The Bertz CT molecular complexity index is 1330. The lowest BCUT2D eigenvalue weighted by Crippen LogP contribution is -2.51. The van der Waals surface area contributed by atoms with Crippen LogP contribution in [0.3, 0.4) is 0 Å². The lowest BCUT2D eigenvalue weighted by Gasteiger charge is -2.33. The molecular weight excluding hydrogens is 528 g/mol. The van der Waals surface area contributed by atoms with Crippen LogP contribution in [0.2, 0.25) is 0 Å². The molecule has 1 aliphatic heterocycles. The minimum atomic E-state index is -2.18. The van der Waals surface area contributed by atoms with Crippen LogP contribution in [-0.2, 0) is 23.8 Å². The van der Waals surface area contributed by atoms with E-state index in [0.717, 1.165) is 0 Å². The van der Waals surface area contributed by atoms with Crippen molar-refractivity contribution >= 4 is 17.7 Å². The Morgan fingerprint density at radius 1 is 0.732 bits per heavy atom. The largest absolute Gasteiger partial charge is 0.493 e. The first-order valence-electron chi connectivity index (χ1n) is 13.3. The van der Waals surface area contributed by atoms with Crippen molar-refractivity contribution in [2.75, 3.05) is 34.5 Å². The van der Waals surface area contributed by atoms with Gasteiger partial charge in [-0.3, -0.25) is 14.4 Å². The highest BCUT2D eigenvalue weighted by atomic mass is 16.6. The van der Waals surface area contributed by atoms with Crippen LogP contribution < -0.4 is 14.2 Å². The van der Waals surface area contributed by atoms with Crippen molar-refractivity contribution in [3.05, 3.63) is 89.5 Å². The summed E-state index contributed by atoms with van der Waals surface area (Å²) in [7, 11) is 4.42. The number of ketones is 1. The van der Waals surface area contributed by atoms with E-state index in [0.29, 0.717) is 33.9 Å². The van der Waals surface area contributed by atoms with Gasteiger partial charge in [0, 0.05) is 5.56 Å². The van der Waals surface area contributed by atoms with E-state index < -0.39 is 41.3 Å². The summed E-state index contributed by atoms with van der Waals surface area (Å²) < 4.78 is 34.3. The number of esters is 2. The van der Waals surface area contributed by atoms with E-state index in [4.69, 9.17) is 28.4 Å². The summed E-state index contributed by atoms with van der Waals surface area (Å²) in [6.45, 7) is 3.22. The van der Waals surface area contributed by atoms with Crippen LogP contribution in [0.25, 0.3) is 0 Å². The molecule has 3 aromatic carbocycles. The molecule has 3 aromatic rings. The van der Waals surface area contributed by atoms with Gasteiger partial charge in [-0.05, 0) is 37.1 Å². The van der Waals surface area contributed by atoms with Gasteiger partial charge in [0.05, 0.1) is 46.6 Å². The van der Waals surface area contributed by atoms with E-state index in [9.17, 15) is 14.4 Å². The maximum absolute atomic E-state index is 14.5. The number of ether oxygens (including phenoxy) is 6. The van der Waals surface area contributed by atoms with Crippen molar-refractivity contribution in [1.82, 2.24) is 0 Å². The van der Waals surface area contributed by atoms with Crippen molar-refractivity contribution in [2.24, 2.45) is 11.3 Å². The Balaban J connectivity index is 2.07. The fourth-order valence-corrected chi connectivity index (χ4v) is 5.42. The third-order valence-corrected chi connectivity index (χ3v) is 7.17. The summed E-state index contributed by atoms with van der Waals surface area (Å²) in [6, 6.07) is 20.5. The number of hydrogen-bond acceptors (Lipinski definition) is 9. The molecule has 0 bridgehead atoms. The van der Waals surface area contributed by atoms with Crippen LogP contribution >= 0.6 is 0 Å². The van der Waals surface area contributed by atoms with E-state index in [1.807, 2.05) is 0 Å². The lowest BCUT2D eigenvalue weighted by atomic mass is 9.66. The minimum Gasteiger partial charge on any atom is -0.493 e. The molecule has 1 aliphatic rings. The lowest BCUT2D eigenvalue weighted by molar-refractivity contribution is -0.178. The second kappa shape index (κ2) is 12.9. The first-order chi connectivity index (χ1) is 19.9. The number of hydrogen-bond donors (Lipinski definition) is 0. The van der Waals surface area contributed by atoms with Crippen LogP contribution in [0, 0.1) is 11.3 Å². The number of carbonyl (C=O) groups is 3. The zero-order valence-electron chi connectivity index (χ0n) is 23.7. The molecule has 0 spiro atoms. The topological polar surface area (TPSA) is 107 Å². The molecule has 0 amide bonds. The van der Waals surface area contributed by atoms with Gasteiger partial charge in [-0.15, -0.1) is 0 Å². The normalized spacial score (nSPS) is 19.2. The zero-order chi connectivity index (χ0) is 29.6. The molecule has 9 nitrogen and oxygen atoms in total. The smallest absolute Gasteiger partial charge is 0.327 e. The first-order valence-corrected chi connectivity index (χ1v) is 13.3. The van der Waals surface area contributed by atoms with E-state index in [1.165, 1.54) is 21.3 Å². The van der Waals surface area contributed by atoms with Gasteiger partial charge in [0.2, 0.25) is 11.2 Å². The molecule has 0 aliphatic carbocycles. The predicted octanol–water partition coefficient (Wildman–Crippen LogP) is 5.14. The van der Waals surface area contributed by atoms with Crippen molar-refractivity contribution < 1.29 is 42.8 Å². The van der Waals surface area contributed by atoms with E-state index >= 15 is 0 Å². The van der Waals surface area contributed by atoms with Crippen LogP contribution in [-0.4, -0.2) is 52.3 Å². The van der Waals surface area contributed by atoms with Crippen molar-refractivity contribution in [2.45, 2.75) is 26.1 Å². The molecule has 9 heteroatoms. The van der Waals surface area contributed by atoms with Gasteiger partial charge in [-0.2, -0.15) is 0 Å². The fraction of sp³-hybridized carbons (Fsp3) is 0.344. The molecule has 0 radical (unpaired) electrons. The summed E-state index contributed by atoms with van der Waals surface area (Å²) in [4.78, 5) is 42.7. The average molecular weight is 563 g/mol. The molecule has 0 unspecified atom stereocenters. The highest BCUT2D eigenvalue weighted by Gasteiger charge is 2.70. The van der Waals surface area contributed by atoms with Gasteiger partial charge in [0.25, 0.3) is 0 Å². The predicted molar refractivity (Wildman–Crippen MR) is 149 cm³/mol. The number of Topliss-reactive ketones (excluding diaryl/α,β-unsaturated/α-hetero) is 1. The van der Waals surface area contributed by atoms with Gasteiger partial charge in [0.15, 0.2) is 17.3 Å². The Hall–Kier alpha value is -4.37. The van der Waals surface area contributed by atoms with Crippen LogP contribution in [0.1, 0.15) is 47.5 Å². The maximum atomic E-state index is 14.5. The number of benzene rings is 3. The highest BCUT2D eigenvalue weighted by Crippen LogP contribution is 2.60. The average Bonchev–Trinajstić information content (AvgIpc) is 3.38. The quantitative estimate of drug-likeness (QED) is 0.178. The summed E-state index contributed by atoms with van der Waals surface area (Å²) in [6.07, 6.45) is -2.33. The Labute approximate surface area is 239 Å². The van der Waals surface area contributed by atoms with Gasteiger partial charge < -0.3 is 28.4 Å². The Morgan fingerprint density at radius 3 is 1.71 bits per heavy atom. The maximum Gasteiger partial charge on any atom is 0.327 e. The third kappa shape index (κ3) is 5.25. The molecule has 0 saturated carbocycles. The molecule has 1 heterocycles. The van der Waals surface area contributed by atoms with Gasteiger partial charge in [0.1, 0.15) is 6.10 Å². The Morgan fingerprint density at radius 2 is 1.24 bits per heavy atom. The molecule has 0 aromatic heterocycles. The second-order valence-corrected chi connectivity index (χ2v) is 9.32. The summed E-state index contributed by atoms with van der Waals surface area (Å²) in [5, 5.41) is 0. The summed E-state index contributed by atoms with van der Waals surface area (Å²) >= 11 is 0. The van der Waals surface area contributed by atoms with Crippen LogP contribution in [0.15, 0.2) is 72.8 Å². The van der Waals surface area contributed by atoms with E-state index in [2.05, 4.69) is 0 Å². The van der Waals surface area contributed by atoms with Gasteiger partial charge >= 0.3 is 11.9 Å². The molecule has 41 heavy (non-hydrogen) atoms. The molecule has 216 valence electrons. The molecule has 3 atom stereocenters. The minimum absolute atomic E-state index is 0.0252.